The summed E-state index contributed by atoms with van der Waals surface area (Å²) in [6.45, 7) is 7.50. The highest BCUT2D eigenvalue weighted by atomic mass is 16.2. The van der Waals surface area contributed by atoms with Gasteiger partial charge >= 0.3 is 0 Å². The second-order valence-electron chi connectivity index (χ2n) is 8.79. The summed E-state index contributed by atoms with van der Waals surface area (Å²) in [6, 6.07) is 0.0306. The minimum atomic E-state index is -1.09. The van der Waals surface area contributed by atoms with Gasteiger partial charge in [-0.05, 0) is 52.2 Å². The van der Waals surface area contributed by atoms with Gasteiger partial charge in [0.1, 0.15) is 11.4 Å². The molecular formula is C22H32N4O3. The van der Waals surface area contributed by atoms with Crippen molar-refractivity contribution in [1.29, 1.82) is 0 Å². The molecule has 0 saturated heterocycles. The topological polar surface area (TPSA) is 82.1 Å². The number of fused-ring (bicyclic) bond motifs is 1. The number of hydrogen-bond acceptors (Lipinski definition) is 4. The van der Waals surface area contributed by atoms with Crippen LogP contribution in [0.5, 0.6) is 0 Å². The van der Waals surface area contributed by atoms with E-state index in [9.17, 15) is 14.4 Å². The van der Waals surface area contributed by atoms with Gasteiger partial charge in [0.25, 0.3) is 5.91 Å². The van der Waals surface area contributed by atoms with Crippen LogP contribution in [0.15, 0.2) is 28.9 Å². The number of amidine groups is 1. The molecule has 29 heavy (non-hydrogen) atoms. The van der Waals surface area contributed by atoms with Crippen LogP contribution in [0.3, 0.4) is 0 Å². The Morgan fingerprint density at radius 2 is 2.00 bits per heavy atom. The highest BCUT2D eigenvalue weighted by Crippen LogP contribution is 2.34. The normalized spacial score (nSPS) is 24.7. The summed E-state index contributed by atoms with van der Waals surface area (Å²) < 4.78 is 0. The van der Waals surface area contributed by atoms with Gasteiger partial charge in [0.15, 0.2) is 0 Å². The van der Waals surface area contributed by atoms with Gasteiger partial charge in [0.2, 0.25) is 11.8 Å². The molecule has 0 spiro atoms. The highest BCUT2D eigenvalue weighted by Gasteiger charge is 2.49. The van der Waals surface area contributed by atoms with Crippen LogP contribution in [0.4, 0.5) is 0 Å². The third kappa shape index (κ3) is 4.43. The monoisotopic (exact) mass is 400 g/mol. The predicted molar refractivity (Wildman–Crippen MR) is 112 cm³/mol. The molecule has 2 aliphatic heterocycles. The zero-order chi connectivity index (χ0) is 21.2. The zero-order valence-corrected chi connectivity index (χ0v) is 17.9. The van der Waals surface area contributed by atoms with Crippen molar-refractivity contribution in [1.82, 2.24) is 15.1 Å². The predicted octanol–water partition coefficient (Wildman–Crippen LogP) is 2.54. The highest BCUT2D eigenvalue weighted by molar-refractivity contribution is 6.12. The van der Waals surface area contributed by atoms with Gasteiger partial charge in [0, 0.05) is 18.3 Å². The van der Waals surface area contributed by atoms with Crippen molar-refractivity contribution in [2.45, 2.75) is 83.8 Å². The zero-order valence-electron chi connectivity index (χ0n) is 17.9. The molecular weight excluding hydrogens is 368 g/mol. The summed E-state index contributed by atoms with van der Waals surface area (Å²) in [6.07, 6.45) is 10.6. The van der Waals surface area contributed by atoms with Crippen molar-refractivity contribution >= 4 is 23.6 Å². The maximum atomic E-state index is 13.9. The Kier molecular flexibility index (Phi) is 6.24. The molecule has 158 valence electrons. The summed E-state index contributed by atoms with van der Waals surface area (Å²) in [5.41, 5.74) is -0.239. The van der Waals surface area contributed by atoms with Gasteiger partial charge in [-0.2, -0.15) is 4.99 Å². The number of carbonyl (C=O) groups is 3. The Labute approximate surface area is 172 Å². The molecule has 7 heteroatoms. The average molecular weight is 401 g/mol. The van der Waals surface area contributed by atoms with E-state index < -0.39 is 5.54 Å². The maximum absolute atomic E-state index is 13.9. The molecule has 0 bridgehead atoms. The molecule has 0 unspecified atom stereocenters. The van der Waals surface area contributed by atoms with E-state index in [1.165, 1.54) is 0 Å². The number of hydrogen-bond donors (Lipinski definition) is 1. The molecule has 1 fully saturated rings. The summed E-state index contributed by atoms with van der Waals surface area (Å²) in [5, 5.41) is 2.89. The van der Waals surface area contributed by atoms with Gasteiger partial charge in [-0.3, -0.25) is 14.4 Å². The Bertz CT molecular complexity index is 777. The average Bonchev–Trinajstić information content (AvgIpc) is 2.66. The first-order chi connectivity index (χ1) is 13.7. The minimum Gasteiger partial charge on any atom is -0.352 e. The first kappa shape index (κ1) is 21.3. The number of amides is 3. The van der Waals surface area contributed by atoms with Crippen LogP contribution in [0.1, 0.15) is 66.2 Å². The van der Waals surface area contributed by atoms with Crippen molar-refractivity contribution in [3.8, 4) is 0 Å². The van der Waals surface area contributed by atoms with Crippen molar-refractivity contribution in [2.75, 3.05) is 6.54 Å². The molecule has 3 aliphatic rings. The largest absolute Gasteiger partial charge is 0.352 e. The van der Waals surface area contributed by atoms with Crippen LogP contribution in [0.2, 0.25) is 0 Å². The molecule has 3 amide bonds. The molecule has 0 aromatic heterocycles. The Hall–Kier alpha value is -2.44. The lowest BCUT2D eigenvalue weighted by molar-refractivity contribution is -0.149. The van der Waals surface area contributed by atoms with Crippen molar-refractivity contribution in [3.05, 3.63) is 23.9 Å². The number of carbonyl (C=O) groups excluding carboxylic acids is 3. The summed E-state index contributed by atoms with van der Waals surface area (Å²) in [7, 11) is 0. The lowest BCUT2D eigenvalue weighted by Gasteiger charge is -2.47. The first-order valence-corrected chi connectivity index (χ1v) is 10.6. The minimum absolute atomic E-state index is 0.00196. The molecule has 0 radical (unpaired) electrons. The summed E-state index contributed by atoms with van der Waals surface area (Å²) in [4.78, 5) is 46.6. The molecule has 3 rings (SSSR count). The first-order valence-electron chi connectivity index (χ1n) is 10.6. The molecule has 0 aromatic rings. The van der Waals surface area contributed by atoms with Gasteiger partial charge < -0.3 is 15.1 Å². The third-order valence-corrected chi connectivity index (χ3v) is 5.92. The molecule has 1 saturated carbocycles. The molecule has 7 nitrogen and oxygen atoms in total. The fraction of sp³-hybridized carbons (Fsp3) is 0.636. The number of nitrogens with zero attached hydrogens (tertiary/aromatic N) is 3. The van der Waals surface area contributed by atoms with Gasteiger partial charge in [-0.25, -0.2) is 0 Å². The number of allylic oxidation sites excluding steroid dienone is 2. The Morgan fingerprint density at radius 3 is 2.66 bits per heavy atom. The number of rotatable bonds is 5. The van der Waals surface area contributed by atoms with E-state index in [1.54, 1.807) is 11.8 Å². The van der Waals surface area contributed by atoms with E-state index in [2.05, 4.69) is 10.3 Å². The van der Waals surface area contributed by atoms with E-state index in [-0.39, 0.29) is 42.8 Å². The van der Waals surface area contributed by atoms with Gasteiger partial charge in [-0.1, -0.05) is 25.3 Å². The van der Waals surface area contributed by atoms with E-state index in [0.717, 1.165) is 37.7 Å². The van der Waals surface area contributed by atoms with Crippen LogP contribution in [0, 0.1) is 0 Å². The van der Waals surface area contributed by atoms with E-state index in [1.807, 2.05) is 44.0 Å². The number of nitrogens with one attached hydrogen (secondary N) is 1. The lowest BCUT2D eigenvalue weighted by Crippen LogP contribution is -2.63. The molecule has 1 N–H and O–H groups in total. The van der Waals surface area contributed by atoms with Crippen LogP contribution >= 0.6 is 0 Å². The van der Waals surface area contributed by atoms with Gasteiger partial charge in [-0.15, -0.1) is 0 Å². The second-order valence-corrected chi connectivity index (χ2v) is 8.79. The van der Waals surface area contributed by atoms with E-state index in [4.69, 9.17) is 0 Å². The van der Waals surface area contributed by atoms with E-state index >= 15 is 0 Å². The Balaban J connectivity index is 1.92. The molecule has 0 aromatic carbocycles. The standard InChI is InChI=1S/C22H32N4O3/c1-15(2)23-19(28)14-25(17-10-6-5-7-11-17)21(29)22(4)13-18(27)24-20-16(3)9-8-12-26(20)22/h8-9,12,15,17H,5-7,10-11,13-14H2,1-4H3,(H,23,28)/t22-/m1/s1. The van der Waals surface area contributed by atoms with Crippen molar-refractivity contribution in [2.24, 2.45) is 4.99 Å². The van der Waals surface area contributed by atoms with Crippen LogP contribution in [0.25, 0.3) is 0 Å². The van der Waals surface area contributed by atoms with Gasteiger partial charge in [0.05, 0.1) is 13.0 Å². The van der Waals surface area contributed by atoms with E-state index in [0.29, 0.717) is 5.84 Å². The summed E-state index contributed by atoms with van der Waals surface area (Å²) >= 11 is 0. The quantitative estimate of drug-likeness (QED) is 0.769. The summed E-state index contributed by atoms with van der Waals surface area (Å²) in [5.74, 6) is -0.118. The molecule has 1 atom stereocenters. The van der Waals surface area contributed by atoms with Crippen LogP contribution < -0.4 is 5.32 Å². The lowest BCUT2D eigenvalue weighted by atomic mass is 9.87. The van der Waals surface area contributed by atoms with Crippen molar-refractivity contribution < 1.29 is 14.4 Å². The van der Waals surface area contributed by atoms with Crippen molar-refractivity contribution in [3.63, 3.8) is 0 Å². The fourth-order valence-electron chi connectivity index (χ4n) is 4.46. The third-order valence-electron chi connectivity index (χ3n) is 5.92. The SMILES string of the molecule is CC1=CC=CN2C1=NC(=O)C[C@]2(C)C(=O)N(CC(=O)NC(C)C)C1CCCCC1. The smallest absolute Gasteiger partial charge is 0.250 e. The second kappa shape index (κ2) is 8.51. The van der Waals surface area contributed by atoms with Crippen LogP contribution in [-0.4, -0.2) is 57.5 Å². The maximum Gasteiger partial charge on any atom is 0.250 e. The Morgan fingerprint density at radius 1 is 1.31 bits per heavy atom. The number of aliphatic imine (C=N–C) groups is 1. The fourth-order valence-corrected chi connectivity index (χ4v) is 4.46. The molecule has 1 aliphatic carbocycles. The van der Waals surface area contributed by atoms with Crippen LogP contribution in [-0.2, 0) is 14.4 Å². The molecule has 2 heterocycles.